The zero-order chi connectivity index (χ0) is 40.0. The highest BCUT2D eigenvalue weighted by Crippen LogP contribution is 2.23. The molecular formula is C42H34N6O7S2. The number of amides is 2. The molecule has 0 aliphatic carbocycles. The number of benzene rings is 3. The Morgan fingerprint density at radius 2 is 1.25 bits per heavy atom. The second kappa shape index (κ2) is 16.4. The average Bonchev–Trinajstić information content (AvgIpc) is 3.88. The summed E-state index contributed by atoms with van der Waals surface area (Å²) in [5.41, 5.74) is 4.02. The molecular weight excluding hydrogens is 765 g/mol. The lowest BCUT2D eigenvalue weighted by Gasteiger charge is -2.07. The number of furan rings is 1. The number of aromatic amines is 1. The van der Waals surface area contributed by atoms with Gasteiger partial charge in [0.25, 0.3) is 11.8 Å². The van der Waals surface area contributed by atoms with Crippen LogP contribution in [0.3, 0.4) is 0 Å². The predicted octanol–water partition coefficient (Wildman–Crippen LogP) is 6.62. The Labute approximate surface area is 327 Å². The summed E-state index contributed by atoms with van der Waals surface area (Å²) in [6, 6.07) is 33.0. The molecule has 8 rings (SSSR count). The highest BCUT2D eigenvalue weighted by molar-refractivity contribution is 7.91. The smallest absolute Gasteiger partial charge is 0.287 e. The van der Waals surface area contributed by atoms with Gasteiger partial charge >= 0.3 is 0 Å². The molecule has 5 aromatic heterocycles. The van der Waals surface area contributed by atoms with Crippen molar-refractivity contribution in [2.75, 3.05) is 0 Å². The second-order valence-electron chi connectivity index (χ2n) is 12.8. The summed E-state index contributed by atoms with van der Waals surface area (Å²) < 4.78 is 56.1. The van der Waals surface area contributed by atoms with E-state index in [1.54, 1.807) is 135 Å². The number of rotatable bonds is 10. The van der Waals surface area contributed by atoms with Crippen LogP contribution >= 0.6 is 0 Å². The van der Waals surface area contributed by atoms with E-state index in [-0.39, 0.29) is 50.4 Å². The Hall–Kier alpha value is -6.97. The third kappa shape index (κ3) is 8.80. The lowest BCUT2D eigenvalue weighted by atomic mass is 10.2. The van der Waals surface area contributed by atoms with Crippen molar-refractivity contribution >= 4 is 53.4 Å². The lowest BCUT2D eigenvalue weighted by Crippen LogP contribution is -2.23. The Morgan fingerprint density at radius 1 is 0.632 bits per heavy atom. The molecule has 2 amide bonds. The standard InChI is InChI=1S/C21H17N3O4S.C21H17N3O3S/c1-14-3-2-4-20(24-14)29(26,27)17-7-5-15(6-8-17)12-23-21(25)18-11-16-9-10-22-13-19(16)28-18;25-21(20-12-16-14-22-11-10-19(16)24-20)23-13-15-6-8-18(9-7-15)28(26,27)17-4-2-1-3-5-17/h2-11,13H,12H2,1H3,(H,23,25);1-12,14,24H,13H2,(H,23,25). The molecule has 3 aromatic carbocycles. The van der Waals surface area contributed by atoms with E-state index < -0.39 is 19.7 Å². The fraction of sp³-hybridized carbons (Fsp3) is 0.0714. The summed E-state index contributed by atoms with van der Waals surface area (Å²) in [6.45, 7) is 2.26. The van der Waals surface area contributed by atoms with Crippen LogP contribution in [0.4, 0.5) is 0 Å². The van der Waals surface area contributed by atoms with Gasteiger partial charge in [0, 0.05) is 53.7 Å². The highest BCUT2D eigenvalue weighted by atomic mass is 32.2. The second-order valence-corrected chi connectivity index (χ2v) is 16.6. The molecule has 0 aliphatic heterocycles. The first kappa shape index (κ1) is 38.3. The third-order valence-corrected chi connectivity index (χ3v) is 12.2. The molecule has 13 nitrogen and oxygen atoms in total. The number of pyridine rings is 3. The Kier molecular flexibility index (Phi) is 11.0. The first-order valence-electron chi connectivity index (χ1n) is 17.5. The monoisotopic (exact) mass is 798 g/mol. The first-order chi connectivity index (χ1) is 27.5. The van der Waals surface area contributed by atoms with Crippen LogP contribution in [0.5, 0.6) is 0 Å². The number of fused-ring (bicyclic) bond motifs is 2. The molecule has 0 bridgehead atoms. The van der Waals surface area contributed by atoms with Crippen LogP contribution in [-0.2, 0) is 32.8 Å². The summed E-state index contributed by atoms with van der Waals surface area (Å²) in [4.78, 5) is 40.4. The number of H-pyrrole nitrogens is 1. The van der Waals surface area contributed by atoms with Crippen LogP contribution in [0, 0.1) is 6.92 Å². The third-order valence-electron chi connectivity index (χ3n) is 8.78. The Morgan fingerprint density at radius 3 is 1.89 bits per heavy atom. The molecule has 0 unspecified atom stereocenters. The van der Waals surface area contributed by atoms with E-state index in [1.807, 2.05) is 0 Å². The van der Waals surface area contributed by atoms with Crippen molar-refractivity contribution in [2.24, 2.45) is 0 Å². The van der Waals surface area contributed by atoms with Gasteiger partial charge in [-0.1, -0.05) is 48.5 Å². The summed E-state index contributed by atoms with van der Waals surface area (Å²) in [7, 11) is -7.23. The first-order valence-corrected chi connectivity index (χ1v) is 20.4. The van der Waals surface area contributed by atoms with Gasteiger partial charge in [0.2, 0.25) is 19.7 Å². The van der Waals surface area contributed by atoms with Crippen molar-refractivity contribution in [1.82, 2.24) is 30.6 Å². The minimum Gasteiger partial charge on any atom is -0.449 e. The minimum absolute atomic E-state index is 0.0120. The molecule has 0 fully saturated rings. The molecule has 57 heavy (non-hydrogen) atoms. The van der Waals surface area contributed by atoms with Gasteiger partial charge in [0.1, 0.15) is 5.69 Å². The van der Waals surface area contributed by atoms with Gasteiger partial charge in [0.05, 0.1) is 20.9 Å². The minimum atomic E-state index is -3.69. The van der Waals surface area contributed by atoms with E-state index in [2.05, 4.69) is 30.6 Å². The maximum Gasteiger partial charge on any atom is 0.287 e. The van der Waals surface area contributed by atoms with E-state index in [0.717, 1.165) is 27.4 Å². The highest BCUT2D eigenvalue weighted by Gasteiger charge is 2.20. The Balaban J connectivity index is 0.000000174. The van der Waals surface area contributed by atoms with Gasteiger partial charge < -0.3 is 20.0 Å². The van der Waals surface area contributed by atoms with Crippen LogP contribution in [0.1, 0.15) is 37.9 Å². The maximum atomic E-state index is 12.7. The normalized spacial score (nSPS) is 11.5. The van der Waals surface area contributed by atoms with Crippen molar-refractivity contribution < 1.29 is 30.8 Å². The van der Waals surface area contributed by atoms with Crippen LogP contribution in [0.15, 0.2) is 170 Å². The molecule has 0 radical (unpaired) electrons. The summed E-state index contributed by atoms with van der Waals surface area (Å²) in [5.74, 6) is -0.406. The van der Waals surface area contributed by atoms with Crippen molar-refractivity contribution in [1.29, 1.82) is 0 Å². The molecule has 8 aromatic rings. The van der Waals surface area contributed by atoms with Crippen molar-refractivity contribution in [3.8, 4) is 0 Å². The summed E-state index contributed by atoms with van der Waals surface area (Å²) >= 11 is 0. The van der Waals surface area contributed by atoms with Crippen LogP contribution < -0.4 is 10.6 Å². The van der Waals surface area contributed by atoms with Gasteiger partial charge in [-0.25, -0.2) is 21.8 Å². The van der Waals surface area contributed by atoms with E-state index in [0.29, 0.717) is 17.0 Å². The van der Waals surface area contributed by atoms with E-state index >= 15 is 0 Å². The van der Waals surface area contributed by atoms with E-state index in [1.165, 1.54) is 18.2 Å². The molecule has 286 valence electrons. The van der Waals surface area contributed by atoms with Gasteiger partial charge in [-0.2, -0.15) is 0 Å². The van der Waals surface area contributed by atoms with E-state index in [4.69, 9.17) is 4.42 Å². The number of aryl methyl sites for hydroxylation is 1. The van der Waals surface area contributed by atoms with Crippen LogP contribution in [0.25, 0.3) is 21.9 Å². The maximum absolute atomic E-state index is 12.7. The SMILES string of the molecule is Cc1cccc(S(=O)(=O)c2ccc(CNC(=O)c3cc4ccncc4o3)cc2)n1.O=C(NCc1ccc(S(=O)(=O)c2ccccc2)cc1)c1cc2cnccc2[nH]1. The number of nitrogens with one attached hydrogen (secondary N) is 3. The van der Waals surface area contributed by atoms with Gasteiger partial charge in [0.15, 0.2) is 16.4 Å². The summed E-state index contributed by atoms with van der Waals surface area (Å²) in [6.07, 6.45) is 6.52. The number of sulfone groups is 2. The lowest BCUT2D eigenvalue weighted by molar-refractivity contribution is 0.0923. The topological polar surface area (TPSA) is 194 Å². The largest absolute Gasteiger partial charge is 0.449 e. The molecule has 0 saturated heterocycles. The number of hydrogen-bond donors (Lipinski definition) is 3. The molecule has 5 heterocycles. The molecule has 15 heteroatoms. The quantitative estimate of drug-likeness (QED) is 0.135. The number of hydrogen-bond acceptors (Lipinski definition) is 10. The number of carbonyl (C=O) groups is 2. The zero-order valence-electron chi connectivity index (χ0n) is 30.3. The predicted molar refractivity (Wildman–Crippen MR) is 212 cm³/mol. The van der Waals surface area contributed by atoms with Gasteiger partial charge in [-0.15, -0.1) is 0 Å². The average molecular weight is 799 g/mol. The van der Waals surface area contributed by atoms with Crippen LogP contribution in [0.2, 0.25) is 0 Å². The molecule has 0 atom stereocenters. The zero-order valence-corrected chi connectivity index (χ0v) is 31.9. The molecule has 0 aliphatic rings. The summed E-state index contributed by atoms with van der Waals surface area (Å²) in [5, 5.41) is 7.26. The number of carbonyl (C=O) groups excluding carboxylic acids is 2. The fourth-order valence-electron chi connectivity index (χ4n) is 5.73. The van der Waals surface area contributed by atoms with Crippen molar-refractivity contribution in [3.63, 3.8) is 0 Å². The van der Waals surface area contributed by atoms with Gasteiger partial charge in [-0.3, -0.25) is 19.6 Å². The molecule has 3 N–H and O–H groups in total. The number of nitrogens with zero attached hydrogens (tertiary/aromatic N) is 3. The number of aromatic nitrogens is 4. The molecule has 0 spiro atoms. The van der Waals surface area contributed by atoms with Crippen molar-refractivity contribution in [3.05, 3.63) is 174 Å². The van der Waals surface area contributed by atoms with Gasteiger partial charge in [-0.05, 0) is 90.8 Å². The fourth-order valence-corrected chi connectivity index (χ4v) is 8.27. The Bertz CT molecular complexity index is 2860. The van der Waals surface area contributed by atoms with Crippen LogP contribution in [-0.4, -0.2) is 48.6 Å². The molecule has 0 saturated carbocycles. The van der Waals surface area contributed by atoms with Crippen molar-refractivity contribution in [2.45, 2.75) is 39.7 Å². The van der Waals surface area contributed by atoms with E-state index in [9.17, 15) is 26.4 Å².